The van der Waals surface area contributed by atoms with Crippen LogP contribution in [0.1, 0.15) is 40.0 Å². The van der Waals surface area contributed by atoms with E-state index in [1.165, 1.54) is 0 Å². The largest absolute Gasteiger partial charge is 0.352 e. The SMILES string of the molecule is CC1(C)C[C@H](NC(N)=O)C[C@@](C)(CNC(N)=O)C1. The van der Waals surface area contributed by atoms with E-state index < -0.39 is 12.1 Å². The van der Waals surface area contributed by atoms with Gasteiger partial charge in [0.15, 0.2) is 0 Å². The second-order valence-corrected chi connectivity index (χ2v) is 6.48. The quantitative estimate of drug-likeness (QED) is 0.601. The van der Waals surface area contributed by atoms with E-state index >= 15 is 0 Å². The summed E-state index contributed by atoms with van der Waals surface area (Å²) < 4.78 is 0. The molecule has 6 N–H and O–H groups in total. The Morgan fingerprint density at radius 1 is 1.17 bits per heavy atom. The van der Waals surface area contributed by atoms with E-state index in [-0.39, 0.29) is 16.9 Å². The summed E-state index contributed by atoms with van der Waals surface area (Å²) in [6.45, 7) is 6.93. The highest BCUT2D eigenvalue weighted by atomic mass is 16.2. The first-order valence-corrected chi connectivity index (χ1v) is 6.21. The maximum atomic E-state index is 11.0. The maximum Gasteiger partial charge on any atom is 0.312 e. The summed E-state index contributed by atoms with van der Waals surface area (Å²) in [7, 11) is 0. The van der Waals surface area contributed by atoms with Crippen LogP contribution >= 0.6 is 0 Å². The number of carbonyl (C=O) groups excluding carboxylic acids is 2. The van der Waals surface area contributed by atoms with Gasteiger partial charge in [0.05, 0.1) is 0 Å². The molecule has 0 aliphatic heterocycles. The fourth-order valence-corrected chi connectivity index (χ4v) is 3.37. The van der Waals surface area contributed by atoms with Crippen molar-refractivity contribution in [3.05, 3.63) is 0 Å². The Balaban J connectivity index is 2.72. The van der Waals surface area contributed by atoms with Gasteiger partial charge in [-0.1, -0.05) is 20.8 Å². The standard InChI is InChI=1S/C12H24N4O2/c1-11(2)4-8(16-10(14)18)5-12(3,6-11)7-15-9(13)17/h8H,4-7H2,1-3H3,(H3,13,15,17)(H3,14,16,18)/t8-,12+/m0/s1. The number of primary amides is 2. The molecule has 0 bridgehead atoms. The second kappa shape index (κ2) is 5.04. The Hall–Kier alpha value is -1.46. The van der Waals surface area contributed by atoms with Crippen LogP contribution in [0.5, 0.6) is 0 Å². The first-order chi connectivity index (χ1) is 8.12. The van der Waals surface area contributed by atoms with Crippen molar-refractivity contribution in [1.29, 1.82) is 0 Å². The van der Waals surface area contributed by atoms with Crippen LogP contribution < -0.4 is 22.1 Å². The highest BCUT2D eigenvalue weighted by molar-refractivity contribution is 5.72. The van der Waals surface area contributed by atoms with Crippen molar-refractivity contribution in [2.24, 2.45) is 22.3 Å². The third-order valence-electron chi connectivity index (χ3n) is 3.48. The molecule has 1 fully saturated rings. The fraction of sp³-hybridized carbons (Fsp3) is 0.833. The van der Waals surface area contributed by atoms with Crippen LogP contribution in [-0.4, -0.2) is 24.6 Å². The summed E-state index contributed by atoms with van der Waals surface area (Å²) in [5.41, 5.74) is 10.3. The summed E-state index contributed by atoms with van der Waals surface area (Å²) in [6.07, 6.45) is 2.65. The molecule has 1 aliphatic rings. The van der Waals surface area contributed by atoms with Gasteiger partial charge in [0.1, 0.15) is 0 Å². The highest BCUT2D eigenvalue weighted by Gasteiger charge is 2.41. The molecule has 104 valence electrons. The van der Waals surface area contributed by atoms with Crippen molar-refractivity contribution in [2.45, 2.75) is 46.1 Å². The average Bonchev–Trinajstić information content (AvgIpc) is 2.10. The lowest BCUT2D eigenvalue weighted by Crippen LogP contribution is -2.51. The smallest absolute Gasteiger partial charge is 0.312 e. The highest BCUT2D eigenvalue weighted by Crippen LogP contribution is 2.45. The van der Waals surface area contributed by atoms with Gasteiger partial charge in [-0.2, -0.15) is 0 Å². The lowest BCUT2D eigenvalue weighted by Gasteiger charge is -2.46. The van der Waals surface area contributed by atoms with Gasteiger partial charge in [-0.15, -0.1) is 0 Å². The van der Waals surface area contributed by atoms with Crippen molar-refractivity contribution >= 4 is 12.1 Å². The molecule has 1 rings (SSSR count). The molecule has 4 amide bonds. The minimum absolute atomic E-state index is 0.0472. The van der Waals surface area contributed by atoms with Crippen LogP contribution in [0, 0.1) is 10.8 Å². The molecule has 6 nitrogen and oxygen atoms in total. The Labute approximate surface area is 108 Å². The molecule has 2 atom stereocenters. The summed E-state index contributed by atoms with van der Waals surface area (Å²) >= 11 is 0. The Bertz CT molecular complexity index is 343. The van der Waals surface area contributed by atoms with E-state index in [1.54, 1.807) is 0 Å². The first-order valence-electron chi connectivity index (χ1n) is 6.21. The predicted octanol–water partition coefficient (Wildman–Crippen LogP) is 0.908. The zero-order valence-corrected chi connectivity index (χ0v) is 11.4. The number of amides is 4. The molecule has 0 heterocycles. The van der Waals surface area contributed by atoms with E-state index in [9.17, 15) is 9.59 Å². The monoisotopic (exact) mass is 256 g/mol. The van der Waals surface area contributed by atoms with Gasteiger partial charge >= 0.3 is 12.1 Å². The number of nitrogens with one attached hydrogen (secondary N) is 2. The van der Waals surface area contributed by atoms with Gasteiger partial charge < -0.3 is 22.1 Å². The third-order valence-corrected chi connectivity index (χ3v) is 3.48. The lowest BCUT2D eigenvalue weighted by molar-refractivity contribution is 0.0757. The van der Waals surface area contributed by atoms with Gasteiger partial charge in [-0.3, -0.25) is 0 Å². The van der Waals surface area contributed by atoms with Crippen LogP contribution in [-0.2, 0) is 0 Å². The van der Waals surface area contributed by atoms with Crippen molar-refractivity contribution in [3.8, 4) is 0 Å². The Morgan fingerprint density at radius 3 is 2.28 bits per heavy atom. The van der Waals surface area contributed by atoms with Gasteiger partial charge in [-0.05, 0) is 30.1 Å². The third kappa shape index (κ3) is 4.43. The Kier molecular flexibility index (Phi) is 4.09. The van der Waals surface area contributed by atoms with Gasteiger partial charge in [0, 0.05) is 12.6 Å². The molecule has 0 aromatic rings. The minimum atomic E-state index is -0.515. The zero-order chi connectivity index (χ0) is 14.0. The lowest BCUT2D eigenvalue weighted by atomic mass is 9.62. The molecular weight excluding hydrogens is 232 g/mol. The zero-order valence-electron chi connectivity index (χ0n) is 11.4. The first kappa shape index (κ1) is 14.6. The van der Waals surface area contributed by atoms with Crippen LogP contribution in [0.15, 0.2) is 0 Å². The van der Waals surface area contributed by atoms with E-state index in [0.717, 1.165) is 19.3 Å². The molecule has 1 saturated carbocycles. The van der Waals surface area contributed by atoms with Gasteiger partial charge in [0.2, 0.25) is 0 Å². The molecule has 0 saturated heterocycles. The second-order valence-electron chi connectivity index (χ2n) is 6.48. The van der Waals surface area contributed by atoms with E-state index in [1.807, 2.05) is 0 Å². The molecule has 18 heavy (non-hydrogen) atoms. The van der Waals surface area contributed by atoms with Crippen LogP contribution in [0.2, 0.25) is 0 Å². The van der Waals surface area contributed by atoms with Crippen molar-refractivity contribution in [2.75, 3.05) is 6.54 Å². The van der Waals surface area contributed by atoms with E-state index in [4.69, 9.17) is 11.5 Å². The molecule has 0 aromatic carbocycles. The number of urea groups is 2. The molecular formula is C12H24N4O2. The topological polar surface area (TPSA) is 110 Å². The van der Waals surface area contributed by atoms with Crippen molar-refractivity contribution in [3.63, 3.8) is 0 Å². The summed E-state index contributed by atoms with van der Waals surface area (Å²) in [6, 6.07) is -0.965. The molecule has 1 aliphatic carbocycles. The summed E-state index contributed by atoms with van der Waals surface area (Å²) in [4.78, 5) is 21.8. The predicted molar refractivity (Wildman–Crippen MR) is 69.8 cm³/mol. The van der Waals surface area contributed by atoms with Crippen molar-refractivity contribution < 1.29 is 9.59 Å². The average molecular weight is 256 g/mol. The molecule has 6 heteroatoms. The van der Waals surface area contributed by atoms with E-state index in [2.05, 4.69) is 31.4 Å². The summed E-state index contributed by atoms with van der Waals surface area (Å²) in [5.74, 6) is 0. The van der Waals surface area contributed by atoms with Crippen LogP contribution in [0.4, 0.5) is 9.59 Å². The molecule has 0 unspecified atom stereocenters. The fourth-order valence-electron chi connectivity index (χ4n) is 3.37. The Morgan fingerprint density at radius 2 is 1.78 bits per heavy atom. The van der Waals surface area contributed by atoms with Crippen LogP contribution in [0.3, 0.4) is 0 Å². The van der Waals surface area contributed by atoms with Gasteiger partial charge in [0.25, 0.3) is 0 Å². The number of rotatable bonds is 3. The number of carbonyl (C=O) groups is 2. The number of hydrogen-bond acceptors (Lipinski definition) is 2. The molecule has 0 aromatic heterocycles. The van der Waals surface area contributed by atoms with Gasteiger partial charge in [-0.25, -0.2) is 9.59 Å². The van der Waals surface area contributed by atoms with Crippen molar-refractivity contribution in [1.82, 2.24) is 10.6 Å². The van der Waals surface area contributed by atoms with E-state index in [0.29, 0.717) is 6.54 Å². The molecule has 0 spiro atoms. The number of hydrogen-bond donors (Lipinski definition) is 4. The number of nitrogens with two attached hydrogens (primary N) is 2. The van der Waals surface area contributed by atoms with Crippen LogP contribution in [0.25, 0.3) is 0 Å². The summed E-state index contributed by atoms with van der Waals surface area (Å²) in [5, 5.41) is 5.44. The molecule has 0 radical (unpaired) electrons. The minimum Gasteiger partial charge on any atom is -0.352 e. The maximum absolute atomic E-state index is 11.0. The normalized spacial score (nSPS) is 30.5.